The number of fused-ring (bicyclic) bond motifs is 1. The van der Waals surface area contributed by atoms with E-state index in [-0.39, 0.29) is 11.9 Å². The Bertz CT molecular complexity index is 1100. The van der Waals surface area contributed by atoms with Gasteiger partial charge in [0.25, 0.3) is 5.91 Å². The number of halogens is 1. The fourth-order valence-electron chi connectivity index (χ4n) is 3.51. The average molecular weight is 427 g/mol. The highest BCUT2D eigenvalue weighted by Gasteiger charge is 2.25. The molecule has 9 heteroatoms. The molecule has 2 aromatic carbocycles. The Labute approximate surface area is 179 Å². The number of rotatable bonds is 3. The lowest BCUT2D eigenvalue weighted by Crippen LogP contribution is -2.51. The quantitative estimate of drug-likeness (QED) is 0.695. The van der Waals surface area contributed by atoms with Gasteiger partial charge in [-0.05, 0) is 49.7 Å². The van der Waals surface area contributed by atoms with E-state index in [4.69, 9.17) is 11.6 Å². The molecule has 1 aliphatic heterocycles. The largest absolute Gasteiger partial charge is 0.335 e. The van der Waals surface area contributed by atoms with Gasteiger partial charge in [0.15, 0.2) is 0 Å². The third kappa shape index (κ3) is 3.95. The fourth-order valence-corrected chi connectivity index (χ4v) is 3.69. The summed E-state index contributed by atoms with van der Waals surface area (Å²) in [7, 11) is 0. The molecule has 4 rings (SSSR count). The van der Waals surface area contributed by atoms with Crippen molar-refractivity contribution in [1.29, 1.82) is 0 Å². The van der Waals surface area contributed by atoms with Crippen LogP contribution in [-0.4, -0.2) is 62.9 Å². The molecule has 0 spiro atoms. The van der Waals surface area contributed by atoms with E-state index in [0.29, 0.717) is 48.0 Å². The van der Waals surface area contributed by atoms with Crippen LogP contribution in [0.4, 0.5) is 10.5 Å². The number of aryl methyl sites for hydroxylation is 2. The van der Waals surface area contributed by atoms with E-state index in [1.165, 1.54) is 0 Å². The maximum atomic E-state index is 12.9. The van der Waals surface area contributed by atoms with Crippen LogP contribution in [0.15, 0.2) is 36.4 Å². The van der Waals surface area contributed by atoms with Gasteiger partial charge in [0.05, 0.1) is 5.52 Å². The molecule has 0 unspecified atom stereocenters. The summed E-state index contributed by atoms with van der Waals surface area (Å²) in [5.41, 5.74) is 3.81. The molecule has 1 fully saturated rings. The van der Waals surface area contributed by atoms with Crippen molar-refractivity contribution in [3.05, 3.63) is 52.5 Å². The lowest BCUT2D eigenvalue weighted by atomic mass is 10.1. The van der Waals surface area contributed by atoms with Gasteiger partial charge in [0.2, 0.25) is 0 Å². The third-order valence-electron chi connectivity index (χ3n) is 5.34. The second kappa shape index (κ2) is 8.31. The first-order valence-electron chi connectivity index (χ1n) is 9.91. The molecular formula is C21H23ClN6O2. The SMILES string of the molecule is CCn1nnc2cc(C(=O)N3CCN(C(=O)Nc4ccc(C)c(Cl)c4)CC3)ccc21. The lowest BCUT2D eigenvalue weighted by molar-refractivity contribution is 0.0672. The number of nitrogens with zero attached hydrogens (tertiary/aromatic N) is 5. The summed E-state index contributed by atoms with van der Waals surface area (Å²) in [4.78, 5) is 28.9. The smallest absolute Gasteiger partial charge is 0.321 e. The third-order valence-corrected chi connectivity index (χ3v) is 5.74. The Hall–Kier alpha value is -3.13. The Morgan fingerprint density at radius 2 is 1.80 bits per heavy atom. The van der Waals surface area contributed by atoms with Crippen LogP contribution in [0, 0.1) is 6.92 Å². The summed E-state index contributed by atoms with van der Waals surface area (Å²) >= 11 is 6.12. The van der Waals surface area contributed by atoms with Crippen molar-refractivity contribution in [3.8, 4) is 0 Å². The van der Waals surface area contributed by atoms with Crippen molar-refractivity contribution in [3.63, 3.8) is 0 Å². The van der Waals surface area contributed by atoms with E-state index in [2.05, 4.69) is 15.6 Å². The Balaban J connectivity index is 1.37. The van der Waals surface area contributed by atoms with Gasteiger partial charge >= 0.3 is 6.03 Å². The molecule has 0 saturated carbocycles. The summed E-state index contributed by atoms with van der Waals surface area (Å²) in [5, 5.41) is 11.7. The number of hydrogen-bond donors (Lipinski definition) is 1. The molecule has 1 aliphatic rings. The molecule has 0 bridgehead atoms. The topological polar surface area (TPSA) is 83.4 Å². The van der Waals surface area contributed by atoms with E-state index in [1.807, 2.05) is 32.0 Å². The average Bonchev–Trinajstić information content (AvgIpc) is 3.18. The van der Waals surface area contributed by atoms with Crippen molar-refractivity contribution in [1.82, 2.24) is 24.8 Å². The molecule has 1 saturated heterocycles. The van der Waals surface area contributed by atoms with E-state index in [9.17, 15) is 9.59 Å². The van der Waals surface area contributed by atoms with E-state index in [0.717, 1.165) is 17.6 Å². The van der Waals surface area contributed by atoms with Crippen molar-refractivity contribution in [2.45, 2.75) is 20.4 Å². The fraction of sp³-hybridized carbons (Fsp3) is 0.333. The van der Waals surface area contributed by atoms with Crippen LogP contribution < -0.4 is 5.32 Å². The normalized spacial score (nSPS) is 14.2. The molecule has 156 valence electrons. The van der Waals surface area contributed by atoms with Gasteiger partial charge in [-0.1, -0.05) is 22.9 Å². The molecule has 0 aliphatic carbocycles. The number of amides is 3. The second-order valence-corrected chi connectivity index (χ2v) is 7.69. The first-order valence-corrected chi connectivity index (χ1v) is 10.3. The van der Waals surface area contributed by atoms with Crippen molar-refractivity contribution in [2.24, 2.45) is 0 Å². The number of nitrogens with one attached hydrogen (secondary N) is 1. The highest BCUT2D eigenvalue weighted by atomic mass is 35.5. The highest BCUT2D eigenvalue weighted by molar-refractivity contribution is 6.31. The first-order chi connectivity index (χ1) is 14.5. The Kier molecular flexibility index (Phi) is 5.59. The molecule has 30 heavy (non-hydrogen) atoms. The van der Waals surface area contributed by atoms with E-state index < -0.39 is 0 Å². The number of benzene rings is 2. The Morgan fingerprint density at radius 3 is 2.50 bits per heavy atom. The molecule has 3 aromatic rings. The predicted molar refractivity (Wildman–Crippen MR) is 116 cm³/mol. The molecular weight excluding hydrogens is 404 g/mol. The zero-order valence-electron chi connectivity index (χ0n) is 16.9. The summed E-state index contributed by atoms with van der Waals surface area (Å²) < 4.78 is 1.79. The number of urea groups is 1. The molecule has 3 amide bonds. The number of anilines is 1. The maximum absolute atomic E-state index is 12.9. The molecule has 1 N–H and O–H groups in total. The minimum atomic E-state index is -0.195. The monoisotopic (exact) mass is 426 g/mol. The van der Waals surface area contributed by atoms with Gasteiger partial charge in [-0.3, -0.25) is 4.79 Å². The van der Waals surface area contributed by atoms with Crippen molar-refractivity contribution in [2.75, 3.05) is 31.5 Å². The summed E-state index contributed by atoms with van der Waals surface area (Å²) in [6, 6.07) is 10.7. The van der Waals surface area contributed by atoms with Gasteiger partial charge in [-0.2, -0.15) is 0 Å². The highest BCUT2D eigenvalue weighted by Crippen LogP contribution is 2.21. The van der Waals surface area contributed by atoms with Crippen LogP contribution in [0.1, 0.15) is 22.8 Å². The van der Waals surface area contributed by atoms with E-state index >= 15 is 0 Å². The van der Waals surface area contributed by atoms with Gasteiger partial charge in [0, 0.05) is 49.0 Å². The predicted octanol–water partition coefficient (Wildman–Crippen LogP) is 3.40. The molecule has 0 atom stereocenters. The van der Waals surface area contributed by atoms with Gasteiger partial charge in [-0.25, -0.2) is 9.48 Å². The van der Waals surface area contributed by atoms with Crippen LogP contribution in [0.2, 0.25) is 5.02 Å². The van der Waals surface area contributed by atoms with Crippen molar-refractivity contribution >= 4 is 40.3 Å². The van der Waals surface area contributed by atoms with Gasteiger partial charge in [0.1, 0.15) is 5.52 Å². The van der Waals surface area contributed by atoms with Crippen LogP contribution in [0.3, 0.4) is 0 Å². The molecule has 0 radical (unpaired) electrons. The zero-order valence-corrected chi connectivity index (χ0v) is 17.7. The van der Waals surface area contributed by atoms with Crippen LogP contribution >= 0.6 is 11.6 Å². The molecule has 8 nitrogen and oxygen atoms in total. The first kappa shape index (κ1) is 20.2. The van der Waals surface area contributed by atoms with Crippen LogP contribution in [-0.2, 0) is 6.54 Å². The summed E-state index contributed by atoms with van der Waals surface area (Å²) in [6.45, 7) is 6.50. The van der Waals surface area contributed by atoms with Gasteiger partial charge in [-0.15, -0.1) is 5.10 Å². The minimum absolute atomic E-state index is 0.0617. The zero-order chi connectivity index (χ0) is 21.3. The van der Waals surface area contributed by atoms with Crippen molar-refractivity contribution < 1.29 is 9.59 Å². The van der Waals surface area contributed by atoms with Gasteiger partial charge < -0.3 is 15.1 Å². The molecule has 1 aromatic heterocycles. The number of carbonyl (C=O) groups is 2. The standard InChI is InChI=1S/C21H23ClN6O2/c1-3-28-19-7-5-15(12-18(19)24-25-28)20(29)26-8-10-27(11-9-26)21(30)23-16-6-4-14(2)17(22)13-16/h4-7,12-13H,3,8-11H2,1-2H3,(H,23,30). The second-order valence-electron chi connectivity index (χ2n) is 7.28. The number of carbonyl (C=O) groups excluding carboxylic acids is 2. The summed E-state index contributed by atoms with van der Waals surface area (Å²) in [6.07, 6.45) is 0. The Morgan fingerprint density at radius 1 is 1.07 bits per heavy atom. The van der Waals surface area contributed by atoms with E-state index in [1.54, 1.807) is 32.7 Å². The maximum Gasteiger partial charge on any atom is 0.321 e. The summed E-state index contributed by atoms with van der Waals surface area (Å²) in [5.74, 6) is -0.0617. The van der Waals surface area contributed by atoms with Crippen LogP contribution in [0.5, 0.6) is 0 Å². The minimum Gasteiger partial charge on any atom is -0.335 e. The lowest BCUT2D eigenvalue weighted by Gasteiger charge is -2.34. The number of hydrogen-bond acceptors (Lipinski definition) is 4. The molecule has 2 heterocycles. The number of aromatic nitrogens is 3. The van der Waals surface area contributed by atoms with Crippen LogP contribution in [0.25, 0.3) is 11.0 Å². The number of piperazine rings is 1.